The maximum atomic E-state index is 6.29. The number of methoxy groups -OCH3 is 1. The molecule has 1 aromatic carbocycles. The smallest absolute Gasteiger partial charge is 0.124 e. The van der Waals surface area contributed by atoms with Crippen molar-refractivity contribution in [3.8, 4) is 5.75 Å². The van der Waals surface area contributed by atoms with E-state index in [0.717, 1.165) is 18.6 Å². The minimum absolute atomic E-state index is 0.0864. The van der Waals surface area contributed by atoms with Gasteiger partial charge >= 0.3 is 0 Å². The average molecular weight is 339 g/mol. The Morgan fingerprint density at radius 3 is 2.60 bits per heavy atom. The Balaban J connectivity index is 1.88. The molecular formula is C17H23BrO2. The number of benzene rings is 1. The molecule has 0 N–H and O–H groups in total. The van der Waals surface area contributed by atoms with Crippen LogP contribution in [0.25, 0.3) is 0 Å². The van der Waals surface area contributed by atoms with Gasteiger partial charge in [-0.3, -0.25) is 0 Å². The Morgan fingerprint density at radius 2 is 1.85 bits per heavy atom. The highest BCUT2D eigenvalue weighted by atomic mass is 79.9. The molecule has 0 radical (unpaired) electrons. The summed E-state index contributed by atoms with van der Waals surface area (Å²) >= 11 is 3.98. The third-order valence-corrected chi connectivity index (χ3v) is 6.07. The van der Waals surface area contributed by atoms with E-state index in [2.05, 4.69) is 40.2 Å². The van der Waals surface area contributed by atoms with Crippen LogP contribution in [0, 0.1) is 0 Å². The Morgan fingerprint density at radius 1 is 1.10 bits per heavy atom. The maximum Gasteiger partial charge on any atom is 0.124 e. The molecule has 2 unspecified atom stereocenters. The summed E-state index contributed by atoms with van der Waals surface area (Å²) in [5.41, 5.74) is 1.26. The topological polar surface area (TPSA) is 18.5 Å². The van der Waals surface area contributed by atoms with E-state index in [1.807, 2.05) is 7.11 Å². The first-order chi connectivity index (χ1) is 9.74. The van der Waals surface area contributed by atoms with Crippen LogP contribution >= 0.6 is 15.9 Å². The lowest BCUT2D eigenvalue weighted by Crippen LogP contribution is -2.30. The molecule has 110 valence electrons. The first-order valence-electron chi connectivity index (χ1n) is 7.72. The van der Waals surface area contributed by atoms with Crippen molar-refractivity contribution in [2.45, 2.75) is 61.5 Å². The zero-order chi connectivity index (χ0) is 14.0. The van der Waals surface area contributed by atoms with E-state index in [4.69, 9.17) is 9.47 Å². The van der Waals surface area contributed by atoms with Crippen LogP contribution in [0.2, 0.25) is 0 Å². The highest BCUT2D eigenvalue weighted by molar-refractivity contribution is 9.09. The Kier molecular flexibility index (Phi) is 4.37. The number of hydrogen-bond donors (Lipinski definition) is 0. The van der Waals surface area contributed by atoms with Gasteiger partial charge in [0.1, 0.15) is 5.75 Å². The standard InChI is InChI=1S/C17H23BrO2/c1-19-16-11-6-12-17(16,18)14-9-4-5-10-15(14)20-13-7-2-3-8-13/h4-5,9-10,13,16H,2-3,6-8,11-12H2,1H3. The largest absolute Gasteiger partial charge is 0.490 e. The molecule has 0 aliphatic heterocycles. The number of rotatable bonds is 4. The van der Waals surface area contributed by atoms with Gasteiger partial charge in [-0.05, 0) is 51.0 Å². The second kappa shape index (κ2) is 6.07. The van der Waals surface area contributed by atoms with Crippen molar-refractivity contribution < 1.29 is 9.47 Å². The zero-order valence-corrected chi connectivity index (χ0v) is 13.7. The number of halogens is 1. The van der Waals surface area contributed by atoms with Crippen molar-refractivity contribution in [2.75, 3.05) is 7.11 Å². The van der Waals surface area contributed by atoms with Crippen LogP contribution in [0.4, 0.5) is 0 Å². The van der Waals surface area contributed by atoms with Gasteiger partial charge in [-0.15, -0.1) is 0 Å². The second-order valence-electron chi connectivity index (χ2n) is 6.00. The molecule has 2 nitrogen and oxygen atoms in total. The first kappa shape index (κ1) is 14.4. The van der Waals surface area contributed by atoms with Gasteiger partial charge in [-0.1, -0.05) is 34.1 Å². The molecule has 0 bridgehead atoms. The lowest BCUT2D eigenvalue weighted by atomic mass is 9.94. The van der Waals surface area contributed by atoms with Crippen LogP contribution in [0.3, 0.4) is 0 Å². The summed E-state index contributed by atoms with van der Waals surface area (Å²) in [5, 5.41) is 0. The lowest BCUT2D eigenvalue weighted by molar-refractivity contribution is 0.0844. The average Bonchev–Trinajstić information content (AvgIpc) is 3.09. The number of hydrogen-bond acceptors (Lipinski definition) is 2. The number of alkyl halides is 1. The fraction of sp³-hybridized carbons (Fsp3) is 0.647. The summed E-state index contributed by atoms with van der Waals surface area (Å²) in [5.74, 6) is 1.04. The summed E-state index contributed by atoms with van der Waals surface area (Å²) in [6.07, 6.45) is 9.03. The SMILES string of the molecule is COC1CCCC1(Br)c1ccccc1OC1CCCC1. The number of ether oxygens (including phenoxy) is 2. The van der Waals surface area contributed by atoms with Crippen LogP contribution in [0.5, 0.6) is 5.75 Å². The van der Waals surface area contributed by atoms with Gasteiger partial charge in [-0.2, -0.15) is 0 Å². The molecule has 2 aliphatic carbocycles. The van der Waals surface area contributed by atoms with Crippen molar-refractivity contribution in [1.82, 2.24) is 0 Å². The molecule has 3 heteroatoms. The summed E-state index contributed by atoms with van der Waals surface area (Å²) in [4.78, 5) is 0. The summed E-state index contributed by atoms with van der Waals surface area (Å²) in [6, 6.07) is 8.48. The molecule has 20 heavy (non-hydrogen) atoms. The zero-order valence-electron chi connectivity index (χ0n) is 12.1. The second-order valence-corrected chi connectivity index (χ2v) is 7.41. The van der Waals surface area contributed by atoms with Crippen LogP contribution in [-0.4, -0.2) is 19.3 Å². The Hall–Kier alpha value is -0.540. The maximum absolute atomic E-state index is 6.29. The molecule has 2 aliphatic rings. The Labute approximate surface area is 130 Å². The quantitative estimate of drug-likeness (QED) is 0.734. The van der Waals surface area contributed by atoms with Gasteiger partial charge < -0.3 is 9.47 Å². The predicted molar refractivity (Wildman–Crippen MR) is 84.6 cm³/mol. The fourth-order valence-corrected chi connectivity index (χ4v) is 4.67. The van der Waals surface area contributed by atoms with Crippen LogP contribution < -0.4 is 4.74 Å². The summed E-state index contributed by atoms with van der Waals surface area (Å²) < 4.78 is 11.9. The molecule has 3 rings (SSSR count). The van der Waals surface area contributed by atoms with E-state index in [1.54, 1.807) is 0 Å². The molecule has 0 spiro atoms. The van der Waals surface area contributed by atoms with E-state index >= 15 is 0 Å². The summed E-state index contributed by atoms with van der Waals surface area (Å²) in [7, 11) is 1.81. The van der Waals surface area contributed by atoms with Gasteiger partial charge in [0.15, 0.2) is 0 Å². The Bertz CT molecular complexity index is 456. The van der Waals surface area contributed by atoms with Gasteiger partial charge in [0, 0.05) is 12.7 Å². The molecule has 2 fully saturated rings. The van der Waals surface area contributed by atoms with E-state index in [9.17, 15) is 0 Å². The normalized spacial score (nSPS) is 30.8. The monoisotopic (exact) mass is 338 g/mol. The van der Waals surface area contributed by atoms with Gasteiger partial charge in [0.25, 0.3) is 0 Å². The minimum atomic E-state index is -0.0864. The van der Waals surface area contributed by atoms with E-state index in [1.165, 1.54) is 37.7 Å². The van der Waals surface area contributed by atoms with Crippen LogP contribution in [-0.2, 0) is 9.06 Å². The fourth-order valence-electron chi connectivity index (χ4n) is 3.65. The predicted octanol–water partition coefficient (Wildman–Crippen LogP) is 4.80. The van der Waals surface area contributed by atoms with Crippen LogP contribution in [0.1, 0.15) is 50.5 Å². The van der Waals surface area contributed by atoms with Crippen molar-refractivity contribution in [1.29, 1.82) is 0 Å². The van der Waals surface area contributed by atoms with Crippen molar-refractivity contribution >= 4 is 15.9 Å². The van der Waals surface area contributed by atoms with Crippen LogP contribution in [0.15, 0.2) is 24.3 Å². The molecule has 0 heterocycles. The highest BCUT2D eigenvalue weighted by Crippen LogP contribution is 2.50. The number of para-hydroxylation sites is 1. The molecule has 0 saturated heterocycles. The molecule has 0 aromatic heterocycles. The van der Waals surface area contributed by atoms with Gasteiger partial charge in [0.05, 0.1) is 16.5 Å². The highest BCUT2D eigenvalue weighted by Gasteiger charge is 2.44. The molecule has 0 amide bonds. The molecular weight excluding hydrogens is 316 g/mol. The lowest BCUT2D eigenvalue weighted by Gasteiger charge is -2.31. The van der Waals surface area contributed by atoms with Crippen molar-refractivity contribution in [3.63, 3.8) is 0 Å². The molecule has 1 aromatic rings. The van der Waals surface area contributed by atoms with Gasteiger partial charge in [-0.25, -0.2) is 0 Å². The van der Waals surface area contributed by atoms with E-state index in [0.29, 0.717) is 6.10 Å². The van der Waals surface area contributed by atoms with Crippen molar-refractivity contribution in [2.24, 2.45) is 0 Å². The third kappa shape index (κ3) is 2.62. The van der Waals surface area contributed by atoms with E-state index < -0.39 is 0 Å². The molecule has 2 atom stereocenters. The first-order valence-corrected chi connectivity index (χ1v) is 8.51. The third-order valence-electron chi connectivity index (χ3n) is 4.73. The van der Waals surface area contributed by atoms with E-state index in [-0.39, 0.29) is 10.4 Å². The van der Waals surface area contributed by atoms with Gasteiger partial charge in [0.2, 0.25) is 0 Å². The minimum Gasteiger partial charge on any atom is -0.490 e. The molecule has 2 saturated carbocycles. The van der Waals surface area contributed by atoms with Crippen molar-refractivity contribution in [3.05, 3.63) is 29.8 Å². The summed E-state index contributed by atoms with van der Waals surface area (Å²) in [6.45, 7) is 0.